The standard InChI is InChI=1S/2C15H18NOS2.H2O4S/c2*1-17-13-7-5-12(6-8-13)14-11-18-15(19-14)16-9-3-2-4-10-16;1-5(2,3)4/h2*5-8,11H,2-4,9-10H2,1H3;(H2,1,2,3,4)/q2*+1;/p-2. The van der Waals surface area contributed by atoms with E-state index in [0.29, 0.717) is 0 Å². The number of methoxy groups -OCH3 is 2. The number of rotatable bonds is 4. The maximum absolute atomic E-state index is 8.52. The summed E-state index contributed by atoms with van der Waals surface area (Å²) in [5, 5.41) is 4.55. The quantitative estimate of drug-likeness (QED) is 0.159. The topological polar surface area (TPSA) is 105 Å². The number of hydrogen-bond acceptors (Lipinski definition) is 10. The molecule has 2 fully saturated rings. The van der Waals surface area contributed by atoms with E-state index in [4.69, 9.17) is 27.0 Å². The van der Waals surface area contributed by atoms with Crippen LogP contribution in [0.5, 0.6) is 11.5 Å². The molecule has 0 atom stereocenters. The third-order valence-corrected chi connectivity index (χ3v) is 11.9. The van der Waals surface area contributed by atoms with E-state index in [2.05, 4.69) is 44.2 Å². The fourth-order valence-corrected chi connectivity index (χ4v) is 9.43. The number of ether oxygens (including phenoxy) is 2. The molecule has 2 aliphatic heterocycles. The molecule has 0 unspecified atom stereocenters. The number of benzene rings is 2. The molecular formula is C30H36N2O6S5. The van der Waals surface area contributed by atoms with E-state index in [1.54, 1.807) is 14.2 Å². The Labute approximate surface area is 269 Å². The average Bonchev–Trinajstić information content (AvgIpc) is 3.73. The maximum Gasteiger partial charge on any atom is 0.314 e. The smallest absolute Gasteiger partial charge is 0.314 e. The van der Waals surface area contributed by atoms with Gasteiger partial charge in [-0.1, -0.05) is 45.3 Å². The second-order valence-electron chi connectivity index (χ2n) is 9.90. The molecule has 0 bridgehead atoms. The van der Waals surface area contributed by atoms with Crippen LogP contribution < -0.4 is 26.6 Å². The van der Waals surface area contributed by atoms with Crippen molar-refractivity contribution in [1.29, 1.82) is 0 Å². The summed E-state index contributed by atoms with van der Waals surface area (Å²) in [4.78, 5) is 2.71. The van der Waals surface area contributed by atoms with Crippen molar-refractivity contribution in [2.75, 3.05) is 40.4 Å². The summed E-state index contributed by atoms with van der Waals surface area (Å²) >= 11 is 7.57. The zero-order chi connectivity index (χ0) is 30.7. The van der Waals surface area contributed by atoms with Crippen LogP contribution in [0.3, 0.4) is 0 Å². The Hall–Kier alpha value is -2.39. The summed E-state index contributed by atoms with van der Waals surface area (Å²) in [5.41, 5.74) is 2.57. The Morgan fingerprint density at radius 2 is 0.930 bits per heavy atom. The Kier molecular flexibility index (Phi) is 12.9. The summed E-state index contributed by atoms with van der Waals surface area (Å²) in [6.45, 7) is 4.89. The monoisotopic (exact) mass is 680 g/mol. The Morgan fingerprint density at radius 1 is 0.605 bits per heavy atom. The summed E-state index contributed by atoms with van der Waals surface area (Å²) in [6, 6.07) is 16.7. The molecule has 0 radical (unpaired) electrons. The summed E-state index contributed by atoms with van der Waals surface area (Å²) in [6.07, 6.45) is 8.12. The third kappa shape index (κ3) is 10.9. The molecular weight excluding hydrogens is 645 g/mol. The second-order valence-corrected chi connectivity index (χ2v) is 15.0. The van der Waals surface area contributed by atoms with Crippen LogP contribution in [0.1, 0.15) is 38.5 Å². The van der Waals surface area contributed by atoms with Gasteiger partial charge in [-0.25, -0.2) is 9.15 Å². The van der Waals surface area contributed by atoms with Gasteiger partial charge in [-0.3, -0.25) is 8.42 Å². The highest BCUT2D eigenvalue weighted by molar-refractivity contribution is 7.79. The van der Waals surface area contributed by atoms with Crippen LogP contribution in [0.2, 0.25) is 0 Å². The largest absolute Gasteiger partial charge is 0.759 e. The lowest BCUT2D eigenvalue weighted by atomic mass is 10.2. The number of nitrogens with zero attached hydrogens (tertiary/aromatic N) is 2. The second kappa shape index (κ2) is 16.6. The molecule has 6 rings (SSSR count). The van der Waals surface area contributed by atoms with Crippen molar-refractivity contribution in [2.24, 2.45) is 0 Å². The fourth-order valence-electron chi connectivity index (χ4n) is 4.69. The molecule has 4 heterocycles. The predicted molar refractivity (Wildman–Crippen MR) is 177 cm³/mol. The van der Waals surface area contributed by atoms with E-state index < -0.39 is 10.4 Å². The fraction of sp³-hybridized carbons (Fsp3) is 0.400. The van der Waals surface area contributed by atoms with Crippen molar-refractivity contribution in [3.05, 3.63) is 67.3 Å². The first-order chi connectivity index (χ1) is 20.7. The zero-order valence-corrected chi connectivity index (χ0v) is 28.3. The van der Waals surface area contributed by atoms with Crippen LogP contribution in [-0.4, -0.2) is 57.9 Å². The molecule has 2 aromatic carbocycles. The first-order valence-electron chi connectivity index (χ1n) is 14.0. The number of hydrogen-bond donors (Lipinski definition) is 0. The van der Waals surface area contributed by atoms with Gasteiger partial charge in [0.1, 0.15) is 37.7 Å². The van der Waals surface area contributed by atoms with E-state index in [1.807, 2.05) is 69.6 Å². The third-order valence-electron chi connectivity index (χ3n) is 6.91. The molecule has 4 aromatic rings. The molecule has 8 nitrogen and oxygen atoms in total. The average molecular weight is 681 g/mol. The van der Waals surface area contributed by atoms with Gasteiger partial charge in [-0.05, 0) is 72.5 Å². The molecule has 0 aliphatic carbocycles. The van der Waals surface area contributed by atoms with Gasteiger partial charge >= 0.3 is 7.97 Å². The van der Waals surface area contributed by atoms with Crippen molar-refractivity contribution in [3.63, 3.8) is 0 Å². The molecule has 0 N–H and O–H groups in total. The molecule has 0 saturated carbocycles. The highest BCUT2D eigenvalue weighted by Gasteiger charge is 2.15. The van der Waals surface area contributed by atoms with E-state index in [9.17, 15) is 0 Å². The van der Waals surface area contributed by atoms with Crippen LogP contribution in [0, 0.1) is 0 Å². The molecule has 2 aliphatic rings. The van der Waals surface area contributed by atoms with Crippen molar-refractivity contribution in [1.82, 2.24) is 9.15 Å². The van der Waals surface area contributed by atoms with E-state index in [1.165, 1.54) is 93.6 Å². The van der Waals surface area contributed by atoms with Crippen molar-refractivity contribution in [2.45, 2.75) is 38.5 Å². The minimum Gasteiger partial charge on any atom is -0.759 e. The van der Waals surface area contributed by atoms with Gasteiger partial charge in [-0.15, -0.1) is 0 Å². The van der Waals surface area contributed by atoms with Gasteiger partial charge in [0.25, 0.3) is 0 Å². The minimum absolute atomic E-state index is 0.917. The molecule has 232 valence electrons. The molecule has 0 spiro atoms. The lowest BCUT2D eigenvalue weighted by molar-refractivity contribution is 0.352. The molecule has 2 saturated heterocycles. The van der Waals surface area contributed by atoms with Crippen molar-refractivity contribution < 1.29 is 27.0 Å². The van der Waals surface area contributed by atoms with Gasteiger partial charge in [0, 0.05) is 46.8 Å². The van der Waals surface area contributed by atoms with Gasteiger partial charge < -0.3 is 18.6 Å². The number of piperidine rings is 2. The highest BCUT2D eigenvalue weighted by atomic mass is 32.3. The SMILES string of the molecule is COc1ccc(-c2csc(=[N+]3CCCCC3)s2)cc1.COc1ccc(-c2csc(=[N+]3CCCCC3)s2)cc1.O=S(=O)([O-])[O-]. The van der Waals surface area contributed by atoms with E-state index in [-0.39, 0.29) is 0 Å². The van der Waals surface area contributed by atoms with Crippen molar-refractivity contribution >= 4 is 55.7 Å². The minimum atomic E-state index is -5.17. The zero-order valence-electron chi connectivity index (χ0n) is 24.2. The normalized spacial score (nSPS) is 15.1. The van der Waals surface area contributed by atoms with Gasteiger partial charge in [0.05, 0.1) is 24.0 Å². The Morgan fingerprint density at radius 3 is 1.23 bits per heavy atom. The van der Waals surface area contributed by atoms with E-state index >= 15 is 0 Å². The van der Waals surface area contributed by atoms with Crippen LogP contribution in [0.25, 0.3) is 20.9 Å². The first-order valence-corrected chi connectivity index (χ1v) is 18.7. The summed E-state index contributed by atoms with van der Waals surface area (Å²) < 4.78 is 52.5. The van der Waals surface area contributed by atoms with Gasteiger partial charge in [0.15, 0.2) is 0 Å². The predicted octanol–water partition coefficient (Wildman–Crippen LogP) is 5.54. The first kappa shape index (κ1) is 33.5. The van der Waals surface area contributed by atoms with Gasteiger partial charge in [-0.2, -0.15) is 0 Å². The van der Waals surface area contributed by atoms with Crippen LogP contribution >= 0.6 is 45.3 Å². The van der Waals surface area contributed by atoms with E-state index in [0.717, 1.165) is 11.5 Å². The van der Waals surface area contributed by atoms with Gasteiger partial charge in [0.2, 0.25) is 0 Å². The summed E-state index contributed by atoms with van der Waals surface area (Å²) in [7, 11) is -1.76. The molecule has 13 heteroatoms. The lowest BCUT2D eigenvalue weighted by Crippen LogP contribution is -2.31. The van der Waals surface area contributed by atoms with Crippen LogP contribution in [0.4, 0.5) is 0 Å². The Bertz CT molecular complexity index is 1550. The molecule has 43 heavy (non-hydrogen) atoms. The maximum atomic E-state index is 8.52. The summed E-state index contributed by atoms with van der Waals surface area (Å²) in [5.74, 6) is 1.83. The molecule has 0 amide bonds. The van der Waals surface area contributed by atoms with Crippen LogP contribution in [0.15, 0.2) is 59.3 Å². The highest BCUT2D eigenvalue weighted by Crippen LogP contribution is 2.27. The molecule has 2 aromatic heterocycles. The Balaban J connectivity index is 0.000000171. The van der Waals surface area contributed by atoms with Crippen LogP contribution in [-0.2, 0) is 10.4 Å². The lowest BCUT2D eigenvalue weighted by Gasteiger charge is -2.07. The van der Waals surface area contributed by atoms with Crippen molar-refractivity contribution in [3.8, 4) is 32.4 Å².